The summed E-state index contributed by atoms with van der Waals surface area (Å²) in [6.45, 7) is 11.6. The molecule has 7 heterocycles. The number of amides is 3. The van der Waals surface area contributed by atoms with E-state index in [4.69, 9.17) is 9.72 Å². The smallest absolute Gasteiger partial charge is 0.253 e. The van der Waals surface area contributed by atoms with Crippen LogP contribution < -0.4 is 25.6 Å². The molecule has 0 bridgehead atoms. The molecule has 4 aliphatic rings. The number of carbonyl (C=O) groups excluding carboxylic acids is 3. The van der Waals surface area contributed by atoms with Crippen molar-refractivity contribution < 1.29 is 23.5 Å². The second-order valence-corrected chi connectivity index (χ2v) is 18.3. The molecule has 0 saturated carbocycles. The number of anilines is 3. The van der Waals surface area contributed by atoms with Crippen molar-refractivity contribution in [3.8, 4) is 16.9 Å². The van der Waals surface area contributed by atoms with E-state index in [0.29, 0.717) is 61.7 Å². The predicted molar refractivity (Wildman–Crippen MR) is 257 cm³/mol. The summed E-state index contributed by atoms with van der Waals surface area (Å²) in [5.41, 5.74) is 8.84. The molecular formula is C51H61FN10O4. The minimum Gasteiger partial charge on any atom is -0.495 e. The third-order valence-electron chi connectivity index (χ3n) is 14.3. The fraction of sp³-hybridized carbons (Fsp3) is 0.431. The average molecular weight is 897 g/mol. The molecule has 2 atom stereocenters. The number of likely N-dealkylation sites (tertiary alicyclic amines) is 1. The molecule has 14 nitrogen and oxygen atoms in total. The molecule has 3 fully saturated rings. The largest absolute Gasteiger partial charge is 0.495 e. The van der Waals surface area contributed by atoms with Crippen LogP contribution in [0.25, 0.3) is 27.7 Å². The number of halogens is 1. The Morgan fingerprint density at radius 2 is 1.76 bits per heavy atom. The lowest BCUT2D eigenvalue weighted by molar-refractivity contribution is -0.133. The molecule has 3 aromatic heterocycles. The van der Waals surface area contributed by atoms with Crippen molar-refractivity contribution in [3.63, 3.8) is 0 Å². The van der Waals surface area contributed by atoms with Crippen LogP contribution >= 0.6 is 0 Å². The summed E-state index contributed by atoms with van der Waals surface area (Å²) < 4.78 is 23.9. The van der Waals surface area contributed by atoms with E-state index in [0.717, 1.165) is 103 Å². The predicted octanol–water partition coefficient (Wildman–Crippen LogP) is 6.87. The van der Waals surface area contributed by atoms with Gasteiger partial charge in [0.1, 0.15) is 29.1 Å². The molecule has 3 N–H and O–H groups in total. The van der Waals surface area contributed by atoms with E-state index in [1.165, 1.54) is 11.8 Å². The van der Waals surface area contributed by atoms with Gasteiger partial charge in [-0.2, -0.15) is 0 Å². The number of piperidine rings is 2. The van der Waals surface area contributed by atoms with E-state index in [1.54, 1.807) is 7.11 Å². The zero-order chi connectivity index (χ0) is 46.1. The summed E-state index contributed by atoms with van der Waals surface area (Å²) in [6, 6.07) is 17.3. The summed E-state index contributed by atoms with van der Waals surface area (Å²) in [6.07, 6.45) is 9.21. The summed E-state index contributed by atoms with van der Waals surface area (Å²) in [5, 5.41) is 9.81. The Morgan fingerprint density at radius 3 is 2.44 bits per heavy atom. The van der Waals surface area contributed by atoms with E-state index < -0.39 is 6.04 Å². The number of aryl methyl sites for hydroxylation is 2. The molecule has 4 aliphatic heterocycles. The van der Waals surface area contributed by atoms with E-state index >= 15 is 4.39 Å². The average Bonchev–Trinajstić information content (AvgIpc) is 3.68. The van der Waals surface area contributed by atoms with Gasteiger partial charge >= 0.3 is 0 Å². The highest BCUT2D eigenvalue weighted by Gasteiger charge is 2.31. The van der Waals surface area contributed by atoms with Crippen molar-refractivity contribution in [2.24, 2.45) is 13.0 Å². The maximum absolute atomic E-state index is 16.1. The minimum atomic E-state index is -0.480. The van der Waals surface area contributed by atoms with Crippen molar-refractivity contribution >= 4 is 51.5 Å². The Bertz CT molecular complexity index is 2630. The molecule has 2 aromatic carbocycles. The minimum absolute atomic E-state index is 0.0964. The summed E-state index contributed by atoms with van der Waals surface area (Å²) in [5.74, 6) is 0.993. The van der Waals surface area contributed by atoms with Crippen LogP contribution in [0.5, 0.6) is 5.75 Å². The number of imide groups is 1. The molecule has 0 aliphatic carbocycles. The second kappa shape index (κ2) is 19.3. The highest BCUT2D eigenvalue weighted by Crippen LogP contribution is 2.37. The van der Waals surface area contributed by atoms with Crippen molar-refractivity contribution in [2.75, 3.05) is 88.6 Å². The number of hydrogen-bond acceptors (Lipinski definition) is 11. The quantitative estimate of drug-likeness (QED) is 0.113. The van der Waals surface area contributed by atoms with Gasteiger partial charge in [0, 0.05) is 137 Å². The first-order valence-corrected chi connectivity index (χ1v) is 23.3. The van der Waals surface area contributed by atoms with Gasteiger partial charge in [-0.25, -0.2) is 14.4 Å². The Morgan fingerprint density at radius 1 is 0.955 bits per heavy atom. The number of rotatable bonds is 12. The number of nitrogens with zero attached hydrogens (tertiary/aromatic N) is 7. The van der Waals surface area contributed by atoms with E-state index in [2.05, 4.69) is 72.4 Å². The number of hydrogen-bond donors (Lipinski definition) is 3. The van der Waals surface area contributed by atoms with Gasteiger partial charge < -0.3 is 29.7 Å². The van der Waals surface area contributed by atoms with Crippen molar-refractivity contribution in [2.45, 2.75) is 58.0 Å². The van der Waals surface area contributed by atoms with Crippen molar-refractivity contribution in [1.82, 2.24) is 34.6 Å². The first-order chi connectivity index (χ1) is 32.0. The topological polar surface area (TPSA) is 140 Å². The molecule has 5 aromatic rings. The lowest BCUT2D eigenvalue weighted by atomic mass is 9.92. The van der Waals surface area contributed by atoms with E-state index in [1.807, 2.05) is 67.7 Å². The summed E-state index contributed by atoms with van der Waals surface area (Å²) in [4.78, 5) is 56.1. The van der Waals surface area contributed by atoms with Gasteiger partial charge in [0.2, 0.25) is 11.8 Å². The first-order valence-electron chi connectivity index (χ1n) is 23.3. The normalized spacial score (nSPS) is 19.4. The number of benzene rings is 2. The number of ether oxygens (including phenoxy) is 1. The van der Waals surface area contributed by atoms with Gasteiger partial charge in [0.15, 0.2) is 0 Å². The van der Waals surface area contributed by atoms with Gasteiger partial charge in [-0.3, -0.25) is 29.5 Å². The van der Waals surface area contributed by atoms with Crippen LogP contribution in [0.1, 0.15) is 72.2 Å². The van der Waals surface area contributed by atoms with Gasteiger partial charge in [-0.1, -0.05) is 6.08 Å². The second-order valence-electron chi connectivity index (χ2n) is 18.3. The van der Waals surface area contributed by atoms with Gasteiger partial charge in [-0.05, 0) is 111 Å². The standard InChI is InChI=1S/C51H61FN10O4/c1-32-26-37(27-41(52)48(32)35-15-20-60(21-16-35)33(2)44-29-40-39(12-17-54-49(40)58(44)4)36-6-10-46(53-3)55-30-36)51(65)62-18-13-34(14-19-62)31-59-22-24-61(25-23-59)38-7-8-42(45(28-38)66-5)56-43-9-11-47(63)57-50(43)64/h6-8,10,12,15,17,26-30,33-34,43,56H,9,11,13-14,16,18-25,31H2,1-5H3,(H,53,55)(H,57,63,64)/t33-,43?/m0/s1. The fourth-order valence-corrected chi connectivity index (χ4v) is 10.4. The Balaban J connectivity index is 0.761. The Kier molecular flexibility index (Phi) is 13.1. The fourth-order valence-electron chi connectivity index (χ4n) is 10.4. The number of pyridine rings is 2. The van der Waals surface area contributed by atoms with Crippen LogP contribution in [0.3, 0.4) is 0 Å². The zero-order valence-corrected chi connectivity index (χ0v) is 38.7. The SMILES string of the molecule is CNc1ccc(-c2ccnc3c2cc([C@H](C)N2CC=C(c4c(C)cc(C(=O)N5CCC(CN6CCN(c7ccc(NC8CCC(=O)NC8=O)c(OC)c7)CC6)CC5)cc4F)CC2)n3C)cn1. The molecule has 3 saturated heterocycles. The maximum Gasteiger partial charge on any atom is 0.253 e. The first kappa shape index (κ1) is 44.9. The third kappa shape index (κ3) is 9.23. The van der Waals surface area contributed by atoms with Gasteiger partial charge in [-0.15, -0.1) is 0 Å². The zero-order valence-electron chi connectivity index (χ0n) is 38.7. The molecule has 0 radical (unpaired) electrons. The van der Waals surface area contributed by atoms with Crippen LogP contribution in [0.4, 0.5) is 21.6 Å². The molecule has 9 rings (SSSR count). The number of fused-ring (bicyclic) bond motifs is 1. The van der Waals surface area contributed by atoms with Crippen LogP contribution in [-0.4, -0.2) is 126 Å². The summed E-state index contributed by atoms with van der Waals surface area (Å²) >= 11 is 0. The van der Waals surface area contributed by atoms with Crippen LogP contribution in [-0.2, 0) is 16.6 Å². The highest BCUT2D eigenvalue weighted by atomic mass is 19.1. The molecule has 3 amide bonds. The summed E-state index contributed by atoms with van der Waals surface area (Å²) in [7, 11) is 5.55. The van der Waals surface area contributed by atoms with Crippen LogP contribution in [0.2, 0.25) is 0 Å². The molecular weight excluding hydrogens is 836 g/mol. The Labute approximate surface area is 386 Å². The lowest BCUT2D eigenvalue weighted by Gasteiger charge is -2.39. The molecule has 0 spiro atoms. The van der Waals surface area contributed by atoms with E-state index in [9.17, 15) is 14.4 Å². The third-order valence-corrected chi connectivity index (χ3v) is 14.3. The molecule has 346 valence electrons. The molecule has 66 heavy (non-hydrogen) atoms. The highest BCUT2D eigenvalue weighted by molar-refractivity contribution is 6.01. The van der Waals surface area contributed by atoms with E-state index in [-0.39, 0.29) is 29.6 Å². The van der Waals surface area contributed by atoms with Gasteiger partial charge in [0.05, 0.1) is 12.8 Å². The number of aromatic nitrogens is 3. The number of piperazine rings is 1. The molecule has 1 unspecified atom stereocenters. The van der Waals surface area contributed by atoms with Crippen LogP contribution in [0, 0.1) is 18.7 Å². The Hall–Kier alpha value is -6.32. The van der Waals surface area contributed by atoms with Crippen LogP contribution in [0.15, 0.2) is 73.1 Å². The number of carbonyl (C=O) groups is 3. The van der Waals surface area contributed by atoms with Gasteiger partial charge in [0.25, 0.3) is 5.91 Å². The number of nitrogens with one attached hydrogen (secondary N) is 3. The maximum atomic E-state index is 16.1. The lowest BCUT2D eigenvalue weighted by Crippen LogP contribution is -2.49. The van der Waals surface area contributed by atoms with Crippen molar-refractivity contribution in [3.05, 3.63) is 101 Å². The number of methoxy groups -OCH3 is 1. The monoisotopic (exact) mass is 896 g/mol. The van der Waals surface area contributed by atoms with Crippen molar-refractivity contribution in [1.29, 1.82) is 0 Å². The molecule has 15 heteroatoms.